The fourth-order valence-corrected chi connectivity index (χ4v) is 4.90. The molecule has 2 saturated heterocycles. The zero-order valence-electron chi connectivity index (χ0n) is 19.3. The molecular weight excluding hydrogens is 344 g/mol. The first kappa shape index (κ1) is 24.1. The highest BCUT2D eigenvalue weighted by atomic mass is 15.1. The molecule has 0 aliphatic carbocycles. The average Bonchev–Trinajstić information content (AvgIpc) is 2.69. The van der Waals surface area contributed by atoms with E-state index >= 15 is 0 Å². The van der Waals surface area contributed by atoms with Gasteiger partial charge in [-0.3, -0.25) is 0 Å². The maximum Gasteiger partial charge on any atom is 0.0104 e. The summed E-state index contributed by atoms with van der Waals surface area (Å²) in [6, 6.07) is 0. The third-order valence-corrected chi connectivity index (χ3v) is 6.92. The summed E-state index contributed by atoms with van der Waals surface area (Å²) in [5.41, 5.74) is 0. The number of nitrogens with zero attached hydrogens (tertiary/aromatic N) is 3. The first-order valence-electron chi connectivity index (χ1n) is 12.5. The molecular formula is C24H50N4. The third-order valence-electron chi connectivity index (χ3n) is 6.92. The molecule has 4 heteroatoms. The first-order chi connectivity index (χ1) is 13.7. The molecule has 2 fully saturated rings. The molecule has 0 aromatic rings. The molecule has 2 rings (SSSR count). The summed E-state index contributed by atoms with van der Waals surface area (Å²) >= 11 is 0. The van der Waals surface area contributed by atoms with Crippen molar-refractivity contribution in [1.29, 1.82) is 0 Å². The summed E-state index contributed by atoms with van der Waals surface area (Å²) in [4.78, 5) is 7.84. The fourth-order valence-electron chi connectivity index (χ4n) is 4.90. The Morgan fingerprint density at radius 2 is 1.11 bits per heavy atom. The summed E-state index contributed by atoms with van der Waals surface area (Å²) in [7, 11) is 4.59. The van der Waals surface area contributed by atoms with Crippen LogP contribution in [0.15, 0.2) is 0 Å². The predicted molar refractivity (Wildman–Crippen MR) is 123 cm³/mol. The molecule has 2 atom stereocenters. The minimum absolute atomic E-state index is 0.984. The Morgan fingerprint density at radius 1 is 0.500 bits per heavy atom. The Labute approximate surface area is 176 Å². The molecule has 0 saturated carbocycles. The standard InChI is InChI=1S/C24H50N4/c1-26-17-8-5-7-13-24-12-6-3-4-9-20-28(22-14-24)21-11-19-27(2)23-16-25-15-10-18-26/h24-25H,3-23H2,1-2H3. The molecule has 0 radical (unpaired) electrons. The normalized spacial score (nSPS) is 30.6. The number of nitrogens with one attached hydrogen (secondary N) is 1. The predicted octanol–water partition coefficient (Wildman–Crippen LogP) is 4.07. The van der Waals surface area contributed by atoms with Gasteiger partial charge in [-0.2, -0.15) is 0 Å². The van der Waals surface area contributed by atoms with Crippen LogP contribution in [0, 0.1) is 5.92 Å². The van der Waals surface area contributed by atoms with Crippen LogP contribution in [0.1, 0.15) is 77.0 Å². The molecule has 28 heavy (non-hydrogen) atoms. The Morgan fingerprint density at radius 3 is 1.96 bits per heavy atom. The van der Waals surface area contributed by atoms with Crippen molar-refractivity contribution < 1.29 is 0 Å². The van der Waals surface area contributed by atoms with E-state index in [9.17, 15) is 0 Å². The van der Waals surface area contributed by atoms with E-state index in [-0.39, 0.29) is 0 Å². The van der Waals surface area contributed by atoms with Crippen molar-refractivity contribution in [2.45, 2.75) is 77.0 Å². The summed E-state index contributed by atoms with van der Waals surface area (Å²) in [6.45, 7) is 11.2. The lowest BCUT2D eigenvalue weighted by Gasteiger charge is -2.28. The molecule has 4 nitrogen and oxygen atoms in total. The van der Waals surface area contributed by atoms with Gasteiger partial charge in [0.1, 0.15) is 0 Å². The lowest BCUT2D eigenvalue weighted by Crippen LogP contribution is -2.34. The molecule has 2 aliphatic heterocycles. The van der Waals surface area contributed by atoms with Gasteiger partial charge in [0, 0.05) is 13.1 Å². The highest BCUT2D eigenvalue weighted by Gasteiger charge is 2.14. The molecule has 2 heterocycles. The highest BCUT2D eigenvalue weighted by Crippen LogP contribution is 2.23. The van der Waals surface area contributed by atoms with Crippen LogP contribution in [-0.4, -0.2) is 87.7 Å². The molecule has 0 spiro atoms. The van der Waals surface area contributed by atoms with Gasteiger partial charge >= 0.3 is 0 Å². The average molecular weight is 395 g/mol. The number of likely N-dealkylation sites (N-methyl/N-ethyl adjacent to an activating group) is 1. The largest absolute Gasteiger partial charge is 0.315 e. The molecule has 166 valence electrons. The van der Waals surface area contributed by atoms with Crippen molar-refractivity contribution in [2.75, 3.05) is 73.0 Å². The minimum atomic E-state index is 0.984. The molecule has 1 N–H and O–H groups in total. The Kier molecular flexibility index (Phi) is 13.5. The summed E-state index contributed by atoms with van der Waals surface area (Å²) in [5, 5.41) is 3.63. The molecule has 0 amide bonds. The topological polar surface area (TPSA) is 21.8 Å². The second-order valence-corrected chi connectivity index (χ2v) is 9.61. The van der Waals surface area contributed by atoms with Gasteiger partial charge in [0.15, 0.2) is 0 Å². The second kappa shape index (κ2) is 15.6. The van der Waals surface area contributed by atoms with Gasteiger partial charge in [-0.05, 0) is 97.9 Å². The van der Waals surface area contributed by atoms with Crippen LogP contribution in [0.2, 0.25) is 0 Å². The number of hydrogen-bond acceptors (Lipinski definition) is 4. The summed E-state index contributed by atoms with van der Waals surface area (Å²) in [5.74, 6) is 0.984. The van der Waals surface area contributed by atoms with Crippen LogP contribution in [0.25, 0.3) is 0 Å². The van der Waals surface area contributed by atoms with Gasteiger partial charge in [-0.1, -0.05) is 44.9 Å². The SMILES string of the molecule is CN1CCCCCC2CCCCCCN(CCCN(C)CCNCCC1)CC2. The van der Waals surface area contributed by atoms with Crippen LogP contribution in [0.4, 0.5) is 0 Å². The second-order valence-electron chi connectivity index (χ2n) is 9.61. The first-order valence-corrected chi connectivity index (χ1v) is 12.5. The van der Waals surface area contributed by atoms with E-state index in [1.807, 2.05) is 0 Å². The molecule has 2 unspecified atom stereocenters. The Hall–Kier alpha value is -0.160. The van der Waals surface area contributed by atoms with E-state index in [2.05, 4.69) is 34.1 Å². The lowest BCUT2D eigenvalue weighted by molar-refractivity contribution is 0.211. The van der Waals surface area contributed by atoms with Crippen LogP contribution >= 0.6 is 0 Å². The zero-order chi connectivity index (χ0) is 19.9. The van der Waals surface area contributed by atoms with Crippen LogP contribution < -0.4 is 5.32 Å². The number of rotatable bonds is 0. The van der Waals surface area contributed by atoms with Crippen molar-refractivity contribution in [2.24, 2.45) is 5.92 Å². The zero-order valence-corrected chi connectivity index (χ0v) is 19.3. The van der Waals surface area contributed by atoms with Crippen molar-refractivity contribution in [1.82, 2.24) is 20.0 Å². The van der Waals surface area contributed by atoms with Crippen LogP contribution in [0.3, 0.4) is 0 Å². The van der Waals surface area contributed by atoms with Crippen LogP contribution in [-0.2, 0) is 0 Å². The molecule has 0 aromatic heterocycles. The highest BCUT2D eigenvalue weighted by molar-refractivity contribution is 4.69. The number of hydrogen-bond donors (Lipinski definition) is 1. The third kappa shape index (κ3) is 11.7. The van der Waals surface area contributed by atoms with Crippen molar-refractivity contribution >= 4 is 0 Å². The van der Waals surface area contributed by atoms with Crippen molar-refractivity contribution in [3.05, 3.63) is 0 Å². The van der Waals surface area contributed by atoms with E-state index in [0.717, 1.165) is 19.0 Å². The van der Waals surface area contributed by atoms with Gasteiger partial charge in [-0.25, -0.2) is 0 Å². The molecule has 2 bridgehead atoms. The van der Waals surface area contributed by atoms with Crippen molar-refractivity contribution in [3.63, 3.8) is 0 Å². The summed E-state index contributed by atoms with van der Waals surface area (Å²) in [6.07, 6.45) is 17.1. The number of fused-ring (bicyclic) bond motifs is 3. The van der Waals surface area contributed by atoms with E-state index in [1.165, 1.54) is 123 Å². The lowest BCUT2D eigenvalue weighted by atomic mass is 9.91. The smallest absolute Gasteiger partial charge is 0.0104 e. The maximum absolute atomic E-state index is 3.63. The van der Waals surface area contributed by atoms with Gasteiger partial charge in [-0.15, -0.1) is 0 Å². The maximum atomic E-state index is 3.63. The van der Waals surface area contributed by atoms with E-state index in [1.54, 1.807) is 0 Å². The van der Waals surface area contributed by atoms with Gasteiger partial charge < -0.3 is 20.0 Å². The van der Waals surface area contributed by atoms with E-state index in [4.69, 9.17) is 0 Å². The van der Waals surface area contributed by atoms with E-state index < -0.39 is 0 Å². The van der Waals surface area contributed by atoms with Gasteiger partial charge in [0.25, 0.3) is 0 Å². The molecule has 0 aromatic carbocycles. The van der Waals surface area contributed by atoms with Gasteiger partial charge in [0.2, 0.25) is 0 Å². The Bertz CT molecular complexity index is 363. The van der Waals surface area contributed by atoms with E-state index in [0.29, 0.717) is 0 Å². The summed E-state index contributed by atoms with van der Waals surface area (Å²) < 4.78 is 0. The molecule has 2 aliphatic rings. The monoisotopic (exact) mass is 394 g/mol. The van der Waals surface area contributed by atoms with Crippen LogP contribution in [0.5, 0.6) is 0 Å². The fraction of sp³-hybridized carbons (Fsp3) is 1.00. The minimum Gasteiger partial charge on any atom is -0.315 e. The van der Waals surface area contributed by atoms with Crippen molar-refractivity contribution in [3.8, 4) is 0 Å². The van der Waals surface area contributed by atoms with Gasteiger partial charge in [0.05, 0.1) is 0 Å². The quantitative estimate of drug-likeness (QED) is 0.668. The Balaban J connectivity index is 1.82.